The highest BCUT2D eigenvalue weighted by molar-refractivity contribution is 9.10. The van der Waals surface area contributed by atoms with Crippen LogP contribution >= 0.6 is 15.9 Å². The third-order valence-corrected chi connectivity index (χ3v) is 4.05. The SMILES string of the molecule is O=C(Nc1cccc(Br)c1)NC1(C(=O)O)CCCCC1. The van der Waals surface area contributed by atoms with Crippen LogP contribution in [-0.2, 0) is 4.79 Å². The Morgan fingerprint density at radius 1 is 1.20 bits per heavy atom. The summed E-state index contributed by atoms with van der Waals surface area (Å²) in [5, 5.41) is 14.7. The van der Waals surface area contributed by atoms with Gasteiger partial charge >= 0.3 is 12.0 Å². The van der Waals surface area contributed by atoms with Gasteiger partial charge < -0.3 is 15.7 Å². The maximum Gasteiger partial charge on any atom is 0.329 e. The van der Waals surface area contributed by atoms with Gasteiger partial charge in [0.1, 0.15) is 5.54 Å². The first-order valence-corrected chi connectivity index (χ1v) is 7.39. The van der Waals surface area contributed by atoms with E-state index in [0.717, 1.165) is 23.7 Å². The topological polar surface area (TPSA) is 78.4 Å². The van der Waals surface area contributed by atoms with Crippen LogP contribution in [0.1, 0.15) is 32.1 Å². The third kappa shape index (κ3) is 3.50. The van der Waals surface area contributed by atoms with E-state index in [1.165, 1.54) is 0 Å². The summed E-state index contributed by atoms with van der Waals surface area (Å²) in [4.78, 5) is 23.5. The smallest absolute Gasteiger partial charge is 0.329 e. The maximum atomic E-state index is 12.0. The molecule has 0 spiro atoms. The van der Waals surface area contributed by atoms with Crippen LogP contribution in [0.25, 0.3) is 0 Å². The summed E-state index contributed by atoms with van der Waals surface area (Å²) in [6.07, 6.45) is 3.62. The number of amides is 2. The van der Waals surface area contributed by atoms with E-state index in [1.807, 2.05) is 6.07 Å². The van der Waals surface area contributed by atoms with Crippen molar-refractivity contribution in [2.75, 3.05) is 5.32 Å². The van der Waals surface area contributed by atoms with Gasteiger partial charge in [-0.25, -0.2) is 9.59 Å². The molecule has 5 nitrogen and oxygen atoms in total. The lowest BCUT2D eigenvalue weighted by atomic mass is 9.82. The van der Waals surface area contributed by atoms with E-state index in [-0.39, 0.29) is 0 Å². The Morgan fingerprint density at radius 3 is 2.50 bits per heavy atom. The van der Waals surface area contributed by atoms with E-state index < -0.39 is 17.5 Å². The highest BCUT2D eigenvalue weighted by atomic mass is 79.9. The number of urea groups is 1. The lowest BCUT2D eigenvalue weighted by Gasteiger charge is -2.33. The van der Waals surface area contributed by atoms with Gasteiger partial charge in [0.05, 0.1) is 0 Å². The van der Waals surface area contributed by atoms with Gasteiger partial charge in [-0.3, -0.25) is 0 Å². The van der Waals surface area contributed by atoms with E-state index in [9.17, 15) is 14.7 Å². The molecule has 1 aliphatic rings. The predicted octanol–water partition coefficient (Wildman–Crippen LogP) is 3.36. The van der Waals surface area contributed by atoms with Crippen LogP contribution in [-0.4, -0.2) is 22.6 Å². The van der Waals surface area contributed by atoms with Crippen molar-refractivity contribution in [1.82, 2.24) is 5.32 Å². The summed E-state index contributed by atoms with van der Waals surface area (Å²) in [6, 6.07) is 6.68. The van der Waals surface area contributed by atoms with Gasteiger partial charge in [-0.15, -0.1) is 0 Å². The number of anilines is 1. The Kier molecular flexibility index (Phi) is 4.65. The molecule has 2 amide bonds. The molecule has 0 radical (unpaired) electrons. The second kappa shape index (κ2) is 6.26. The van der Waals surface area contributed by atoms with E-state index >= 15 is 0 Å². The number of carboxylic acid groups (broad SMARTS) is 1. The fraction of sp³-hybridized carbons (Fsp3) is 0.429. The molecule has 20 heavy (non-hydrogen) atoms. The molecule has 1 aromatic carbocycles. The molecule has 1 aliphatic carbocycles. The maximum absolute atomic E-state index is 12.0. The normalized spacial score (nSPS) is 17.2. The van der Waals surface area contributed by atoms with Crippen LogP contribution in [0.2, 0.25) is 0 Å². The van der Waals surface area contributed by atoms with Gasteiger partial charge in [0.25, 0.3) is 0 Å². The van der Waals surface area contributed by atoms with Crippen LogP contribution in [0.5, 0.6) is 0 Å². The van der Waals surface area contributed by atoms with Gasteiger partial charge in [-0.2, -0.15) is 0 Å². The molecular weight excluding hydrogens is 324 g/mol. The highest BCUT2D eigenvalue weighted by Gasteiger charge is 2.40. The van der Waals surface area contributed by atoms with Crippen LogP contribution in [0.4, 0.5) is 10.5 Å². The van der Waals surface area contributed by atoms with Crippen molar-refractivity contribution in [3.05, 3.63) is 28.7 Å². The number of rotatable bonds is 3. The van der Waals surface area contributed by atoms with E-state index in [1.54, 1.807) is 18.2 Å². The van der Waals surface area contributed by atoms with E-state index in [2.05, 4.69) is 26.6 Å². The van der Waals surface area contributed by atoms with Gasteiger partial charge in [0.2, 0.25) is 0 Å². The minimum Gasteiger partial charge on any atom is -0.480 e. The number of carbonyl (C=O) groups excluding carboxylic acids is 1. The summed E-state index contributed by atoms with van der Waals surface area (Å²) in [6.45, 7) is 0. The van der Waals surface area contributed by atoms with Crippen molar-refractivity contribution >= 4 is 33.6 Å². The number of halogens is 1. The summed E-state index contributed by atoms with van der Waals surface area (Å²) < 4.78 is 0.848. The molecule has 1 fully saturated rings. The summed E-state index contributed by atoms with van der Waals surface area (Å²) in [5.74, 6) is -0.957. The van der Waals surface area contributed by atoms with Gasteiger partial charge in [-0.1, -0.05) is 41.3 Å². The minimum atomic E-state index is -1.13. The number of carbonyl (C=O) groups is 2. The molecule has 6 heteroatoms. The number of benzene rings is 1. The largest absolute Gasteiger partial charge is 0.480 e. The van der Waals surface area contributed by atoms with Crippen molar-refractivity contribution in [3.63, 3.8) is 0 Å². The molecule has 1 saturated carbocycles. The average Bonchev–Trinajstić information content (AvgIpc) is 2.39. The molecular formula is C14H17BrN2O3. The predicted molar refractivity (Wildman–Crippen MR) is 79.7 cm³/mol. The van der Waals surface area contributed by atoms with Crippen molar-refractivity contribution < 1.29 is 14.7 Å². The molecule has 0 aromatic heterocycles. The molecule has 1 aromatic rings. The van der Waals surface area contributed by atoms with Crippen LogP contribution in [0.15, 0.2) is 28.7 Å². The van der Waals surface area contributed by atoms with Gasteiger partial charge in [-0.05, 0) is 31.0 Å². The van der Waals surface area contributed by atoms with E-state index in [4.69, 9.17) is 0 Å². The van der Waals surface area contributed by atoms with Gasteiger partial charge in [0.15, 0.2) is 0 Å². The first-order valence-electron chi connectivity index (χ1n) is 6.60. The number of carboxylic acids is 1. The fourth-order valence-electron chi connectivity index (χ4n) is 2.49. The molecule has 0 heterocycles. The molecule has 0 atom stereocenters. The van der Waals surface area contributed by atoms with Crippen molar-refractivity contribution in [3.8, 4) is 0 Å². The lowest BCUT2D eigenvalue weighted by molar-refractivity contribution is -0.145. The number of aliphatic carboxylic acids is 1. The molecule has 0 aliphatic heterocycles. The summed E-state index contributed by atoms with van der Waals surface area (Å²) in [5.41, 5.74) is -0.512. The Balaban J connectivity index is 2.03. The molecule has 2 rings (SSSR count). The third-order valence-electron chi connectivity index (χ3n) is 3.55. The Hall–Kier alpha value is -1.56. The highest BCUT2D eigenvalue weighted by Crippen LogP contribution is 2.28. The Bertz CT molecular complexity index is 513. The first kappa shape index (κ1) is 14.8. The van der Waals surface area contributed by atoms with Crippen molar-refractivity contribution in [1.29, 1.82) is 0 Å². The van der Waals surface area contributed by atoms with Crippen LogP contribution in [0, 0.1) is 0 Å². The minimum absolute atomic E-state index is 0.479. The Labute approximate surface area is 125 Å². The standard InChI is InChI=1S/C14H17BrN2O3/c15-10-5-4-6-11(9-10)16-13(20)17-14(12(18)19)7-2-1-3-8-14/h4-6,9H,1-3,7-8H2,(H,18,19)(H2,16,17,20). The zero-order chi connectivity index (χ0) is 14.6. The fourth-order valence-corrected chi connectivity index (χ4v) is 2.89. The number of hydrogen-bond acceptors (Lipinski definition) is 2. The van der Waals surface area contributed by atoms with Crippen molar-refractivity contribution in [2.45, 2.75) is 37.6 Å². The molecule has 0 bridgehead atoms. The van der Waals surface area contributed by atoms with E-state index in [0.29, 0.717) is 18.5 Å². The first-order chi connectivity index (χ1) is 9.52. The summed E-state index contributed by atoms with van der Waals surface area (Å²) >= 11 is 3.32. The zero-order valence-electron chi connectivity index (χ0n) is 11.0. The monoisotopic (exact) mass is 340 g/mol. The average molecular weight is 341 g/mol. The summed E-state index contributed by atoms with van der Waals surface area (Å²) in [7, 11) is 0. The quantitative estimate of drug-likeness (QED) is 0.789. The molecule has 0 unspecified atom stereocenters. The van der Waals surface area contributed by atoms with Gasteiger partial charge in [0, 0.05) is 10.2 Å². The number of nitrogens with one attached hydrogen (secondary N) is 2. The Morgan fingerprint density at radius 2 is 1.90 bits per heavy atom. The zero-order valence-corrected chi connectivity index (χ0v) is 12.6. The second-order valence-corrected chi connectivity index (χ2v) is 5.95. The van der Waals surface area contributed by atoms with Crippen molar-refractivity contribution in [2.24, 2.45) is 0 Å². The van der Waals surface area contributed by atoms with Crippen LogP contribution in [0.3, 0.4) is 0 Å². The molecule has 108 valence electrons. The number of hydrogen-bond donors (Lipinski definition) is 3. The molecule has 3 N–H and O–H groups in total. The molecule has 0 saturated heterocycles. The lowest BCUT2D eigenvalue weighted by Crippen LogP contribution is -2.56. The second-order valence-electron chi connectivity index (χ2n) is 5.04. The van der Waals surface area contributed by atoms with Crippen LogP contribution < -0.4 is 10.6 Å².